The van der Waals surface area contributed by atoms with Gasteiger partial charge in [0.05, 0.1) is 5.75 Å². The lowest BCUT2D eigenvalue weighted by atomic mass is 10.1. The number of aryl methyl sites for hydroxylation is 2. The van der Waals surface area contributed by atoms with Crippen LogP contribution in [-0.4, -0.2) is 55.5 Å². The van der Waals surface area contributed by atoms with E-state index in [9.17, 15) is 13.2 Å². The van der Waals surface area contributed by atoms with Crippen LogP contribution < -0.4 is 5.32 Å². The maximum atomic E-state index is 12.2. The normalized spacial score (nSPS) is 16.5. The lowest BCUT2D eigenvalue weighted by Crippen LogP contribution is -2.41. The number of hydrogen-bond acceptors (Lipinski definition) is 4. The molecule has 0 unspecified atom stereocenters. The Morgan fingerprint density at radius 1 is 1.27 bits per heavy atom. The predicted molar refractivity (Wildman–Crippen MR) is 90.9 cm³/mol. The molecule has 0 aliphatic carbocycles. The third-order valence-electron chi connectivity index (χ3n) is 3.65. The summed E-state index contributed by atoms with van der Waals surface area (Å²) in [5.41, 5.74) is 2.50. The van der Waals surface area contributed by atoms with Crippen molar-refractivity contribution < 1.29 is 13.2 Å². The SMILES string of the molecule is Cc1ccc(C)c(C(=O)NCCS(=O)(=O)N2CCSCC2)c1. The maximum Gasteiger partial charge on any atom is 0.251 e. The van der Waals surface area contributed by atoms with E-state index in [4.69, 9.17) is 0 Å². The summed E-state index contributed by atoms with van der Waals surface area (Å²) in [5, 5.41) is 2.71. The van der Waals surface area contributed by atoms with Gasteiger partial charge in [-0.25, -0.2) is 12.7 Å². The Hall–Kier alpha value is -1.05. The van der Waals surface area contributed by atoms with Crippen LogP contribution in [0, 0.1) is 13.8 Å². The summed E-state index contributed by atoms with van der Waals surface area (Å²) in [6.07, 6.45) is 0. The van der Waals surface area contributed by atoms with Gasteiger partial charge in [0.2, 0.25) is 10.0 Å². The maximum absolute atomic E-state index is 12.2. The average Bonchev–Trinajstić information content (AvgIpc) is 2.50. The van der Waals surface area contributed by atoms with Gasteiger partial charge in [-0.3, -0.25) is 4.79 Å². The van der Waals surface area contributed by atoms with E-state index in [1.165, 1.54) is 4.31 Å². The molecule has 22 heavy (non-hydrogen) atoms. The van der Waals surface area contributed by atoms with Gasteiger partial charge in [0.15, 0.2) is 0 Å². The Bertz CT molecular complexity index is 638. The van der Waals surface area contributed by atoms with Gasteiger partial charge in [0.1, 0.15) is 0 Å². The van der Waals surface area contributed by atoms with E-state index in [-0.39, 0.29) is 18.2 Å². The molecule has 1 aromatic rings. The first-order valence-corrected chi connectivity index (χ1v) is 10.1. The first-order chi connectivity index (χ1) is 10.4. The first-order valence-electron chi connectivity index (χ1n) is 7.31. The highest BCUT2D eigenvalue weighted by Gasteiger charge is 2.23. The van der Waals surface area contributed by atoms with Gasteiger partial charge in [-0.15, -0.1) is 0 Å². The number of thioether (sulfide) groups is 1. The van der Waals surface area contributed by atoms with Gasteiger partial charge < -0.3 is 5.32 Å². The number of rotatable bonds is 5. The molecular weight excluding hydrogens is 320 g/mol. The van der Waals surface area contributed by atoms with Gasteiger partial charge in [-0.1, -0.05) is 17.7 Å². The third-order valence-corrected chi connectivity index (χ3v) is 6.46. The van der Waals surface area contributed by atoms with Crippen LogP contribution in [0.1, 0.15) is 21.5 Å². The summed E-state index contributed by atoms with van der Waals surface area (Å²) in [7, 11) is -3.27. The van der Waals surface area contributed by atoms with Crippen molar-refractivity contribution in [2.75, 3.05) is 36.9 Å². The van der Waals surface area contributed by atoms with E-state index < -0.39 is 10.0 Å². The second-order valence-electron chi connectivity index (χ2n) is 5.40. The monoisotopic (exact) mass is 342 g/mol. The summed E-state index contributed by atoms with van der Waals surface area (Å²) < 4.78 is 25.9. The molecule has 1 N–H and O–H groups in total. The molecule has 1 amide bonds. The minimum atomic E-state index is -3.27. The van der Waals surface area contributed by atoms with Crippen LogP contribution in [-0.2, 0) is 10.0 Å². The van der Waals surface area contributed by atoms with E-state index >= 15 is 0 Å². The standard InChI is InChI=1S/C15H22N2O3S2/c1-12-3-4-13(2)14(11-12)15(18)16-5-10-22(19,20)17-6-8-21-9-7-17/h3-4,11H,5-10H2,1-2H3,(H,16,18). The van der Waals surface area contributed by atoms with Gasteiger partial charge in [-0.2, -0.15) is 11.8 Å². The lowest BCUT2D eigenvalue weighted by molar-refractivity contribution is 0.0955. The highest BCUT2D eigenvalue weighted by Crippen LogP contribution is 2.13. The topological polar surface area (TPSA) is 66.5 Å². The molecule has 0 spiro atoms. The molecule has 7 heteroatoms. The van der Waals surface area contributed by atoms with Crippen molar-refractivity contribution in [3.05, 3.63) is 34.9 Å². The number of carbonyl (C=O) groups is 1. The van der Waals surface area contributed by atoms with Crippen molar-refractivity contribution in [2.45, 2.75) is 13.8 Å². The Kier molecular flexibility index (Phi) is 5.88. The zero-order valence-corrected chi connectivity index (χ0v) is 14.6. The number of nitrogens with zero attached hydrogens (tertiary/aromatic N) is 1. The van der Waals surface area contributed by atoms with Crippen molar-refractivity contribution in [1.29, 1.82) is 0 Å². The molecule has 1 aliphatic heterocycles. The Morgan fingerprint density at radius 2 is 1.95 bits per heavy atom. The molecule has 1 heterocycles. The van der Waals surface area contributed by atoms with Crippen molar-refractivity contribution in [2.24, 2.45) is 0 Å². The highest BCUT2D eigenvalue weighted by atomic mass is 32.2. The number of nitrogens with one attached hydrogen (secondary N) is 1. The molecule has 1 aliphatic rings. The highest BCUT2D eigenvalue weighted by molar-refractivity contribution is 7.99. The minimum Gasteiger partial charge on any atom is -0.351 e. The van der Waals surface area contributed by atoms with Gasteiger partial charge in [0, 0.05) is 36.7 Å². The van der Waals surface area contributed by atoms with Gasteiger partial charge in [-0.05, 0) is 25.5 Å². The van der Waals surface area contributed by atoms with E-state index in [1.54, 1.807) is 11.8 Å². The van der Waals surface area contributed by atoms with E-state index in [0.717, 1.165) is 22.6 Å². The molecule has 0 bridgehead atoms. The summed E-state index contributed by atoms with van der Waals surface area (Å²) in [6, 6.07) is 5.67. The molecule has 1 saturated heterocycles. The van der Waals surface area contributed by atoms with Crippen molar-refractivity contribution >= 4 is 27.7 Å². The van der Waals surface area contributed by atoms with Crippen molar-refractivity contribution in [1.82, 2.24) is 9.62 Å². The summed E-state index contributed by atoms with van der Waals surface area (Å²) in [5.74, 6) is 1.42. The fraction of sp³-hybridized carbons (Fsp3) is 0.533. The van der Waals surface area contributed by atoms with Crippen LogP contribution in [0.25, 0.3) is 0 Å². The summed E-state index contributed by atoms with van der Waals surface area (Å²) >= 11 is 1.77. The number of benzene rings is 1. The van der Waals surface area contributed by atoms with Crippen molar-refractivity contribution in [3.8, 4) is 0 Å². The molecule has 0 aromatic heterocycles. The molecular formula is C15H22N2O3S2. The Morgan fingerprint density at radius 3 is 2.64 bits per heavy atom. The van der Waals surface area contributed by atoms with Crippen LogP contribution in [0.15, 0.2) is 18.2 Å². The van der Waals surface area contributed by atoms with Crippen LogP contribution >= 0.6 is 11.8 Å². The summed E-state index contributed by atoms with van der Waals surface area (Å²) in [6.45, 7) is 5.07. The zero-order chi connectivity index (χ0) is 16.2. The predicted octanol–water partition coefficient (Wildman–Crippen LogP) is 1.41. The fourth-order valence-corrected chi connectivity index (χ4v) is 4.81. The second-order valence-corrected chi connectivity index (χ2v) is 8.71. The molecule has 1 fully saturated rings. The molecule has 5 nitrogen and oxygen atoms in total. The van der Waals surface area contributed by atoms with Crippen LogP contribution in [0.2, 0.25) is 0 Å². The van der Waals surface area contributed by atoms with E-state index in [0.29, 0.717) is 18.7 Å². The van der Waals surface area contributed by atoms with Crippen LogP contribution in [0.3, 0.4) is 0 Å². The minimum absolute atomic E-state index is 0.0474. The number of hydrogen-bond donors (Lipinski definition) is 1. The average molecular weight is 342 g/mol. The Balaban J connectivity index is 1.90. The molecule has 0 atom stereocenters. The molecule has 122 valence electrons. The first kappa shape index (κ1) is 17.3. The van der Waals surface area contributed by atoms with Gasteiger partial charge >= 0.3 is 0 Å². The van der Waals surface area contributed by atoms with E-state index in [2.05, 4.69) is 5.32 Å². The van der Waals surface area contributed by atoms with E-state index in [1.807, 2.05) is 32.0 Å². The number of amides is 1. The molecule has 0 radical (unpaired) electrons. The lowest BCUT2D eigenvalue weighted by Gasteiger charge is -2.25. The van der Waals surface area contributed by atoms with Crippen LogP contribution in [0.5, 0.6) is 0 Å². The fourth-order valence-electron chi connectivity index (χ4n) is 2.32. The molecule has 2 rings (SSSR count). The Labute approximate surface area is 136 Å². The van der Waals surface area contributed by atoms with Crippen molar-refractivity contribution in [3.63, 3.8) is 0 Å². The largest absolute Gasteiger partial charge is 0.351 e. The third kappa shape index (κ3) is 4.47. The van der Waals surface area contributed by atoms with Crippen LogP contribution in [0.4, 0.5) is 0 Å². The molecule has 0 saturated carbocycles. The zero-order valence-electron chi connectivity index (χ0n) is 13.0. The summed E-state index contributed by atoms with van der Waals surface area (Å²) in [4.78, 5) is 12.2. The number of sulfonamides is 1. The smallest absolute Gasteiger partial charge is 0.251 e. The van der Waals surface area contributed by atoms with Gasteiger partial charge in [0.25, 0.3) is 5.91 Å². The molecule has 1 aromatic carbocycles. The quantitative estimate of drug-likeness (QED) is 0.879. The number of carbonyl (C=O) groups excluding carboxylic acids is 1. The second kappa shape index (κ2) is 7.48.